The monoisotopic (exact) mass is 283 g/mol. The fourth-order valence-electron chi connectivity index (χ4n) is 3.19. The van der Waals surface area contributed by atoms with Gasteiger partial charge >= 0.3 is 0 Å². The largest absolute Gasteiger partial charge is 0.392 e. The minimum Gasteiger partial charge on any atom is -0.392 e. The van der Waals surface area contributed by atoms with Crippen molar-refractivity contribution < 1.29 is 9.90 Å². The second kappa shape index (κ2) is 6.10. The number of β-lactam (4-membered cyclic amide) rings is 1. The van der Waals surface area contributed by atoms with Crippen molar-refractivity contribution in [2.75, 3.05) is 12.9 Å². The third-order valence-corrected chi connectivity index (χ3v) is 4.51. The van der Waals surface area contributed by atoms with Crippen LogP contribution in [0.15, 0.2) is 24.3 Å². The number of carbonyl (C=O) groups excluding carboxylic acids is 1. The van der Waals surface area contributed by atoms with Crippen molar-refractivity contribution >= 4 is 17.5 Å². The van der Waals surface area contributed by atoms with E-state index >= 15 is 0 Å². The fourth-order valence-corrected chi connectivity index (χ4v) is 3.43. The normalized spacial score (nSPS) is 32.1. The molecule has 0 aromatic rings. The van der Waals surface area contributed by atoms with Crippen LogP contribution in [0, 0.1) is 11.8 Å². The zero-order valence-corrected chi connectivity index (χ0v) is 12.1. The fraction of sp³-hybridized carbons (Fsp3) is 0.667. The van der Waals surface area contributed by atoms with E-state index in [4.69, 9.17) is 11.6 Å². The summed E-state index contributed by atoms with van der Waals surface area (Å²) in [4.78, 5) is 13.7. The van der Waals surface area contributed by atoms with Crippen molar-refractivity contribution in [3.8, 4) is 0 Å². The first-order chi connectivity index (χ1) is 9.07. The van der Waals surface area contributed by atoms with E-state index in [2.05, 4.69) is 18.7 Å². The molecule has 2 unspecified atom stereocenters. The molecule has 1 fully saturated rings. The highest BCUT2D eigenvalue weighted by Gasteiger charge is 2.51. The Balaban J connectivity index is 2.08. The highest BCUT2D eigenvalue weighted by Crippen LogP contribution is 2.38. The molecule has 2 aliphatic rings. The van der Waals surface area contributed by atoms with Gasteiger partial charge in [-0.3, -0.25) is 4.79 Å². The third kappa shape index (κ3) is 2.72. The molecule has 106 valence electrons. The third-order valence-electron chi connectivity index (χ3n) is 4.32. The zero-order chi connectivity index (χ0) is 14.0. The van der Waals surface area contributed by atoms with E-state index in [1.54, 1.807) is 11.9 Å². The van der Waals surface area contributed by atoms with E-state index in [1.165, 1.54) is 0 Å². The van der Waals surface area contributed by atoms with E-state index in [0.29, 0.717) is 12.3 Å². The average Bonchev–Trinajstić information content (AvgIpc) is 2.44. The van der Waals surface area contributed by atoms with E-state index in [0.717, 1.165) is 24.8 Å². The predicted octanol–water partition coefficient (Wildman–Crippen LogP) is 2.35. The Labute approximate surface area is 119 Å². The summed E-state index contributed by atoms with van der Waals surface area (Å²) in [6.07, 6.45) is 7.37. The molecule has 0 saturated carbocycles. The van der Waals surface area contributed by atoms with Crippen molar-refractivity contribution in [2.24, 2.45) is 11.8 Å². The minimum atomic E-state index is -0.600. The van der Waals surface area contributed by atoms with E-state index in [1.807, 2.05) is 0 Å². The van der Waals surface area contributed by atoms with Crippen molar-refractivity contribution in [3.63, 3.8) is 0 Å². The molecule has 1 aliphatic heterocycles. The number of amides is 1. The molecule has 0 aromatic carbocycles. The number of aliphatic hydroxyl groups is 1. The number of likely N-dealkylation sites (N-methyl/N-ethyl adjacent to an activating group) is 1. The van der Waals surface area contributed by atoms with Crippen LogP contribution >= 0.6 is 11.6 Å². The molecule has 4 heteroatoms. The lowest BCUT2D eigenvalue weighted by Crippen LogP contribution is -2.64. The molecular weight excluding hydrogens is 262 g/mol. The molecule has 2 rings (SSSR count). The van der Waals surface area contributed by atoms with Gasteiger partial charge in [0, 0.05) is 18.8 Å². The summed E-state index contributed by atoms with van der Waals surface area (Å²) in [5, 5.41) is 10.5. The van der Waals surface area contributed by atoms with Crippen LogP contribution in [0.25, 0.3) is 0 Å². The van der Waals surface area contributed by atoms with Gasteiger partial charge in [-0.25, -0.2) is 0 Å². The van der Waals surface area contributed by atoms with E-state index < -0.39 is 6.10 Å². The first-order valence-electron chi connectivity index (χ1n) is 6.93. The molecule has 0 bridgehead atoms. The van der Waals surface area contributed by atoms with Crippen molar-refractivity contribution in [1.29, 1.82) is 0 Å². The van der Waals surface area contributed by atoms with Crippen LogP contribution in [0.2, 0.25) is 0 Å². The molecule has 3 nitrogen and oxygen atoms in total. The molecule has 0 radical (unpaired) electrons. The predicted molar refractivity (Wildman–Crippen MR) is 77.0 cm³/mol. The second-order valence-electron chi connectivity index (χ2n) is 5.53. The Bertz CT molecular complexity index is 394. The summed E-state index contributed by atoms with van der Waals surface area (Å²) in [6, 6.07) is -0.0587. The van der Waals surface area contributed by atoms with Gasteiger partial charge in [0.2, 0.25) is 5.91 Å². The first-order valence-corrected chi connectivity index (χ1v) is 7.46. The summed E-state index contributed by atoms with van der Waals surface area (Å²) in [6.45, 7) is 4.02. The van der Waals surface area contributed by atoms with Crippen LogP contribution in [-0.4, -0.2) is 41.0 Å². The Kier molecular flexibility index (Phi) is 4.69. The second-order valence-corrected chi connectivity index (χ2v) is 5.91. The smallest absolute Gasteiger partial charge is 0.231 e. The van der Waals surface area contributed by atoms with Crippen LogP contribution in [0.1, 0.15) is 25.7 Å². The number of halogens is 1. The summed E-state index contributed by atoms with van der Waals surface area (Å²) in [7, 11) is 1.77. The van der Waals surface area contributed by atoms with Gasteiger partial charge in [-0.1, -0.05) is 24.3 Å². The molecule has 4 atom stereocenters. The standard InChI is InChI=1S/C15H22ClNO2/c1-10(8-9-16)13-12(15(19)17(13)2)14(18)11-6-4-3-5-7-11/h4,6,11-14,18H,1,3,5,7-9H2,2H3/t11?,12?,13-,14-/m0/s1. The number of aliphatic hydroxyl groups excluding tert-OH is 1. The van der Waals surface area contributed by atoms with E-state index in [9.17, 15) is 9.90 Å². The molecule has 1 N–H and O–H groups in total. The maximum atomic E-state index is 12.0. The lowest BCUT2D eigenvalue weighted by atomic mass is 9.73. The number of allylic oxidation sites excluding steroid dienone is 1. The molecule has 0 aromatic heterocycles. The number of carbonyl (C=O) groups is 1. The van der Waals surface area contributed by atoms with Gasteiger partial charge in [-0.15, -0.1) is 11.6 Å². The van der Waals surface area contributed by atoms with Gasteiger partial charge in [-0.2, -0.15) is 0 Å². The van der Waals surface area contributed by atoms with E-state index in [-0.39, 0.29) is 23.8 Å². The van der Waals surface area contributed by atoms with Crippen LogP contribution in [0.5, 0.6) is 0 Å². The van der Waals surface area contributed by atoms with Gasteiger partial charge in [-0.05, 0) is 25.7 Å². The number of nitrogens with zero attached hydrogens (tertiary/aromatic N) is 1. The number of hydrogen-bond acceptors (Lipinski definition) is 2. The van der Waals surface area contributed by atoms with Gasteiger partial charge < -0.3 is 10.0 Å². The number of hydrogen-bond donors (Lipinski definition) is 1. The Morgan fingerprint density at radius 2 is 2.42 bits per heavy atom. The van der Waals surface area contributed by atoms with Gasteiger partial charge in [0.05, 0.1) is 18.1 Å². The summed E-state index contributed by atoms with van der Waals surface area (Å²) in [5.41, 5.74) is 0.945. The number of alkyl halides is 1. The summed E-state index contributed by atoms with van der Waals surface area (Å²) < 4.78 is 0. The van der Waals surface area contributed by atoms with Crippen LogP contribution in [0.3, 0.4) is 0 Å². The molecule has 1 saturated heterocycles. The lowest BCUT2D eigenvalue weighted by molar-refractivity contribution is -0.160. The van der Waals surface area contributed by atoms with Crippen LogP contribution < -0.4 is 0 Å². The number of likely N-dealkylation sites (tertiary alicyclic amines) is 1. The zero-order valence-electron chi connectivity index (χ0n) is 11.4. The Morgan fingerprint density at radius 1 is 1.68 bits per heavy atom. The molecule has 1 aliphatic carbocycles. The highest BCUT2D eigenvalue weighted by atomic mass is 35.5. The minimum absolute atomic E-state index is 0.0206. The first kappa shape index (κ1) is 14.6. The molecule has 1 amide bonds. The van der Waals surface area contributed by atoms with Crippen LogP contribution in [-0.2, 0) is 4.79 Å². The molecular formula is C15H22ClNO2. The average molecular weight is 284 g/mol. The molecule has 1 heterocycles. The Morgan fingerprint density at radius 3 is 3.00 bits per heavy atom. The topological polar surface area (TPSA) is 40.5 Å². The maximum absolute atomic E-state index is 12.0. The summed E-state index contributed by atoms with van der Waals surface area (Å²) >= 11 is 5.74. The lowest BCUT2D eigenvalue weighted by Gasteiger charge is -2.49. The quantitative estimate of drug-likeness (QED) is 0.478. The van der Waals surface area contributed by atoms with Gasteiger partial charge in [0.25, 0.3) is 0 Å². The highest BCUT2D eigenvalue weighted by molar-refractivity contribution is 6.18. The van der Waals surface area contributed by atoms with Gasteiger partial charge in [0.1, 0.15) is 0 Å². The van der Waals surface area contributed by atoms with Gasteiger partial charge in [0.15, 0.2) is 0 Å². The molecule has 19 heavy (non-hydrogen) atoms. The summed E-state index contributed by atoms with van der Waals surface area (Å²) in [5.74, 6) is 0.284. The SMILES string of the molecule is C=C(CCCl)[C@H]1C([C@@H](O)C2C=CCCC2)C(=O)N1C. The van der Waals surface area contributed by atoms with Crippen molar-refractivity contribution in [3.05, 3.63) is 24.3 Å². The van der Waals surface area contributed by atoms with Crippen molar-refractivity contribution in [2.45, 2.75) is 37.8 Å². The molecule has 0 spiro atoms. The maximum Gasteiger partial charge on any atom is 0.231 e. The number of rotatable bonds is 5. The van der Waals surface area contributed by atoms with Crippen LogP contribution in [0.4, 0.5) is 0 Å². The van der Waals surface area contributed by atoms with Crippen molar-refractivity contribution in [1.82, 2.24) is 4.90 Å². The Hall–Kier alpha value is -0.800.